The molecule has 0 aromatic heterocycles. The van der Waals surface area contributed by atoms with Gasteiger partial charge in [-0.15, -0.1) is 0 Å². The van der Waals surface area contributed by atoms with E-state index in [1.54, 1.807) is 13.0 Å². The average molecular weight is 280 g/mol. The first kappa shape index (κ1) is 15.3. The molecule has 0 radical (unpaired) electrons. The molecule has 1 heterocycles. The quantitative estimate of drug-likeness (QED) is 0.918. The molecule has 1 aromatic rings. The van der Waals surface area contributed by atoms with E-state index in [-0.39, 0.29) is 5.82 Å². The highest BCUT2D eigenvalue weighted by Gasteiger charge is 2.20. The second-order valence-electron chi connectivity index (χ2n) is 6.07. The monoisotopic (exact) mass is 280 g/mol. The van der Waals surface area contributed by atoms with Crippen molar-refractivity contribution >= 4 is 5.69 Å². The van der Waals surface area contributed by atoms with Crippen LogP contribution in [0.3, 0.4) is 0 Å². The van der Waals surface area contributed by atoms with E-state index in [0.29, 0.717) is 17.2 Å². The first-order valence-corrected chi connectivity index (χ1v) is 7.42. The number of rotatable bonds is 4. The van der Waals surface area contributed by atoms with Gasteiger partial charge in [-0.3, -0.25) is 4.90 Å². The molecule has 0 aliphatic carbocycles. The molecule has 20 heavy (non-hydrogen) atoms. The zero-order valence-electron chi connectivity index (χ0n) is 12.6. The van der Waals surface area contributed by atoms with E-state index in [9.17, 15) is 9.50 Å². The molecule has 0 saturated carbocycles. The molecule has 1 fully saturated rings. The van der Waals surface area contributed by atoms with Crippen LogP contribution in [0, 0.1) is 11.7 Å². The van der Waals surface area contributed by atoms with Crippen molar-refractivity contribution in [2.75, 3.05) is 37.6 Å². The van der Waals surface area contributed by atoms with Crippen molar-refractivity contribution in [2.24, 2.45) is 5.92 Å². The van der Waals surface area contributed by atoms with Gasteiger partial charge in [0, 0.05) is 32.7 Å². The number of hydrogen-bond acceptors (Lipinski definition) is 3. The minimum Gasteiger partial charge on any atom is -0.389 e. The molecule has 0 bridgehead atoms. The van der Waals surface area contributed by atoms with Crippen molar-refractivity contribution in [2.45, 2.75) is 26.9 Å². The molecular formula is C16H25FN2O. The van der Waals surface area contributed by atoms with E-state index in [1.165, 1.54) is 6.07 Å². The van der Waals surface area contributed by atoms with Crippen LogP contribution in [0.15, 0.2) is 18.2 Å². The lowest BCUT2D eigenvalue weighted by atomic mass is 10.1. The van der Waals surface area contributed by atoms with E-state index in [4.69, 9.17) is 0 Å². The highest BCUT2D eigenvalue weighted by atomic mass is 19.1. The number of nitrogens with zero attached hydrogens (tertiary/aromatic N) is 2. The fraction of sp³-hybridized carbons (Fsp3) is 0.625. The lowest BCUT2D eigenvalue weighted by Crippen LogP contribution is -2.47. The second kappa shape index (κ2) is 6.55. The van der Waals surface area contributed by atoms with E-state index in [2.05, 4.69) is 23.6 Å². The summed E-state index contributed by atoms with van der Waals surface area (Å²) in [5, 5.41) is 9.48. The van der Waals surface area contributed by atoms with Crippen LogP contribution in [0.25, 0.3) is 0 Å². The van der Waals surface area contributed by atoms with Crippen LogP contribution >= 0.6 is 0 Å². The highest BCUT2D eigenvalue weighted by Crippen LogP contribution is 2.24. The van der Waals surface area contributed by atoms with Crippen molar-refractivity contribution in [1.82, 2.24) is 4.90 Å². The van der Waals surface area contributed by atoms with E-state index in [0.717, 1.165) is 32.7 Å². The van der Waals surface area contributed by atoms with Gasteiger partial charge in [-0.25, -0.2) is 4.39 Å². The standard InChI is InChI=1S/C16H25FN2O/c1-12(2)11-18-6-8-19(9-7-18)16-5-4-14(13(3)20)10-15(16)17/h4-5,10,12-13,20H,6-9,11H2,1-3H3/t13-/m1/s1. The summed E-state index contributed by atoms with van der Waals surface area (Å²) in [5.41, 5.74) is 1.28. The van der Waals surface area contributed by atoms with Crippen LogP contribution < -0.4 is 4.90 Å². The van der Waals surface area contributed by atoms with Gasteiger partial charge in [0.1, 0.15) is 5.82 Å². The zero-order chi connectivity index (χ0) is 14.7. The molecule has 1 aliphatic heterocycles. The Kier molecular flexibility index (Phi) is 5.00. The number of piperazine rings is 1. The number of aliphatic hydroxyl groups excluding tert-OH is 1. The van der Waals surface area contributed by atoms with Crippen LogP contribution in [0.2, 0.25) is 0 Å². The summed E-state index contributed by atoms with van der Waals surface area (Å²) in [6, 6.07) is 5.04. The summed E-state index contributed by atoms with van der Waals surface area (Å²) in [5.74, 6) is 0.435. The van der Waals surface area contributed by atoms with Crippen molar-refractivity contribution in [3.8, 4) is 0 Å². The Morgan fingerprint density at radius 3 is 2.30 bits per heavy atom. The number of aliphatic hydroxyl groups is 1. The summed E-state index contributed by atoms with van der Waals surface area (Å²) in [7, 11) is 0. The number of halogens is 1. The SMILES string of the molecule is CC(C)CN1CCN(c2ccc([C@@H](C)O)cc2F)CC1. The van der Waals surface area contributed by atoms with Gasteiger partial charge in [0.25, 0.3) is 0 Å². The summed E-state index contributed by atoms with van der Waals surface area (Å²) in [6.07, 6.45) is -0.624. The topological polar surface area (TPSA) is 26.7 Å². The smallest absolute Gasteiger partial charge is 0.146 e. The minimum absolute atomic E-state index is 0.235. The summed E-state index contributed by atoms with van der Waals surface area (Å²) < 4.78 is 14.1. The molecule has 1 N–H and O–H groups in total. The third-order valence-corrected chi connectivity index (χ3v) is 3.79. The van der Waals surface area contributed by atoms with Gasteiger partial charge in [-0.05, 0) is 30.5 Å². The summed E-state index contributed by atoms with van der Waals surface area (Å²) in [6.45, 7) is 10.9. The maximum atomic E-state index is 14.1. The van der Waals surface area contributed by atoms with Crippen molar-refractivity contribution in [1.29, 1.82) is 0 Å². The molecule has 4 heteroatoms. The van der Waals surface area contributed by atoms with Gasteiger partial charge in [0.2, 0.25) is 0 Å². The highest BCUT2D eigenvalue weighted by molar-refractivity contribution is 5.50. The average Bonchev–Trinajstić information content (AvgIpc) is 2.39. The minimum atomic E-state index is -0.624. The van der Waals surface area contributed by atoms with Crippen molar-refractivity contribution in [3.63, 3.8) is 0 Å². The summed E-state index contributed by atoms with van der Waals surface area (Å²) >= 11 is 0. The zero-order valence-corrected chi connectivity index (χ0v) is 12.6. The molecule has 1 aliphatic rings. The van der Waals surface area contributed by atoms with Gasteiger partial charge in [0.15, 0.2) is 0 Å². The van der Waals surface area contributed by atoms with Gasteiger partial charge in [-0.1, -0.05) is 19.9 Å². The normalized spacial score (nSPS) is 18.6. The number of anilines is 1. The first-order chi connectivity index (χ1) is 9.47. The van der Waals surface area contributed by atoms with E-state index < -0.39 is 6.10 Å². The molecule has 112 valence electrons. The molecule has 3 nitrogen and oxygen atoms in total. The fourth-order valence-corrected chi connectivity index (χ4v) is 2.73. The molecule has 1 aromatic carbocycles. The first-order valence-electron chi connectivity index (χ1n) is 7.42. The molecule has 1 saturated heterocycles. The number of benzene rings is 1. The largest absolute Gasteiger partial charge is 0.389 e. The van der Waals surface area contributed by atoms with Crippen molar-refractivity contribution < 1.29 is 9.50 Å². The lowest BCUT2D eigenvalue weighted by Gasteiger charge is -2.37. The molecule has 2 rings (SSSR count). The Hall–Kier alpha value is -1.13. The van der Waals surface area contributed by atoms with Gasteiger partial charge >= 0.3 is 0 Å². The molecule has 1 atom stereocenters. The van der Waals surface area contributed by atoms with Gasteiger partial charge in [-0.2, -0.15) is 0 Å². The van der Waals surface area contributed by atoms with Crippen LogP contribution in [0.1, 0.15) is 32.4 Å². The maximum absolute atomic E-state index is 14.1. The Bertz CT molecular complexity index is 440. The Labute approximate surface area is 121 Å². The molecule has 0 unspecified atom stereocenters. The van der Waals surface area contributed by atoms with Crippen LogP contribution in [0.5, 0.6) is 0 Å². The predicted octanol–water partition coefficient (Wildman–Crippen LogP) is 2.66. The maximum Gasteiger partial charge on any atom is 0.146 e. The fourth-order valence-electron chi connectivity index (χ4n) is 2.73. The van der Waals surface area contributed by atoms with Crippen molar-refractivity contribution in [3.05, 3.63) is 29.6 Å². The van der Waals surface area contributed by atoms with Crippen LogP contribution in [0.4, 0.5) is 10.1 Å². The lowest BCUT2D eigenvalue weighted by molar-refractivity contribution is 0.199. The predicted molar refractivity (Wildman–Crippen MR) is 80.5 cm³/mol. The molecule has 0 spiro atoms. The number of hydrogen-bond donors (Lipinski definition) is 1. The third kappa shape index (κ3) is 3.70. The van der Waals surface area contributed by atoms with Gasteiger partial charge < -0.3 is 10.0 Å². The van der Waals surface area contributed by atoms with Crippen LogP contribution in [-0.4, -0.2) is 42.7 Å². The Morgan fingerprint density at radius 1 is 1.15 bits per heavy atom. The van der Waals surface area contributed by atoms with Crippen LogP contribution in [-0.2, 0) is 0 Å². The molecule has 0 amide bonds. The van der Waals surface area contributed by atoms with Gasteiger partial charge in [0.05, 0.1) is 11.8 Å². The third-order valence-electron chi connectivity index (χ3n) is 3.79. The van der Waals surface area contributed by atoms with E-state index in [1.807, 2.05) is 6.07 Å². The molecular weight excluding hydrogens is 255 g/mol. The summed E-state index contributed by atoms with van der Waals surface area (Å²) in [4.78, 5) is 4.53. The Balaban J connectivity index is 2.00. The van der Waals surface area contributed by atoms with E-state index >= 15 is 0 Å². The Morgan fingerprint density at radius 2 is 1.80 bits per heavy atom. The second-order valence-corrected chi connectivity index (χ2v) is 6.07.